The van der Waals surface area contributed by atoms with E-state index < -0.39 is 5.41 Å². The summed E-state index contributed by atoms with van der Waals surface area (Å²) in [6.07, 6.45) is 0. The number of rotatable bonds is 2. The van der Waals surface area contributed by atoms with Crippen LogP contribution in [0.5, 0.6) is 5.75 Å². The number of carbonyl (C=O) groups excluding carboxylic acids is 1. The molecule has 0 saturated carbocycles. The van der Waals surface area contributed by atoms with Crippen molar-refractivity contribution in [3.05, 3.63) is 29.3 Å². The SMILES string of the molecule is Cc1ccc(OC(=O)C(C)(C)C)cc1CO. The minimum Gasteiger partial charge on any atom is -0.426 e. The van der Waals surface area contributed by atoms with Gasteiger partial charge in [0, 0.05) is 0 Å². The Morgan fingerprint density at radius 3 is 2.50 bits per heavy atom. The summed E-state index contributed by atoms with van der Waals surface area (Å²) in [7, 11) is 0. The third kappa shape index (κ3) is 3.07. The van der Waals surface area contributed by atoms with Crippen LogP contribution in [-0.2, 0) is 11.4 Å². The Hall–Kier alpha value is -1.35. The van der Waals surface area contributed by atoms with Crippen molar-refractivity contribution in [2.24, 2.45) is 5.41 Å². The van der Waals surface area contributed by atoms with Crippen LogP contribution in [0.2, 0.25) is 0 Å². The van der Waals surface area contributed by atoms with Crippen molar-refractivity contribution in [3.63, 3.8) is 0 Å². The molecule has 0 unspecified atom stereocenters. The first kappa shape index (κ1) is 12.7. The number of ether oxygens (including phenoxy) is 1. The van der Waals surface area contributed by atoms with E-state index in [1.54, 1.807) is 32.9 Å². The highest BCUT2D eigenvalue weighted by molar-refractivity contribution is 5.77. The van der Waals surface area contributed by atoms with Crippen molar-refractivity contribution >= 4 is 5.97 Å². The van der Waals surface area contributed by atoms with Crippen molar-refractivity contribution in [1.82, 2.24) is 0 Å². The molecule has 0 aliphatic heterocycles. The molecule has 0 aliphatic rings. The van der Waals surface area contributed by atoms with Crippen LogP contribution in [0.15, 0.2) is 18.2 Å². The molecule has 0 radical (unpaired) electrons. The van der Waals surface area contributed by atoms with Crippen LogP contribution >= 0.6 is 0 Å². The first-order chi connectivity index (χ1) is 7.34. The maximum absolute atomic E-state index is 11.6. The minimum absolute atomic E-state index is 0.0489. The van der Waals surface area contributed by atoms with Gasteiger partial charge in [-0.1, -0.05) is 6.07 Å². The van der Waals surface area contributed by atoms with Gasteiger partial charge in [-0.2, -0.15) is 0 Å². The van der Waals surface area contributed by atoms with Gasteiger partial charge in [-0.3, -0.25) is 4.79 Å². The molecule has 0 aromatic heterocycles. The van der Waals surface area contributed by atoms with Crippen LogP contribution in [0, 0.1) is 12.3 Å². The highest BCUT2D eigenvalue weighted by Gasteiger charge is 2.23. The van der Waals surface area contributed by atoms with Gasteiger partial charge in [0.2, 0.25) is 0 Å². The summed E-state index contributed by atoms with van der Waals surface area (Å²) < 4.78 is 5.23. The van der Waals surface area contributed by atoms with E-state index in [1.165, 1.54) is 0 Å². The van der Waals surface area contributed by atoms with Gasteiger partial charge in [-0.15, -0.1) is 0 Å². The molecule has 0 fully saturated rings. The van der Waals surface area contributed by atoms with E-state index in [9.17, 15) is 4.79 Å². The Morgan fingerprint density at radius 2 is 2.00 bits per heavy atom. The molecule has 1 rings (SSSR count). The highest BCUT2D eigenvalue weighted by atomic mass is 16.5. The van der Waals surface area contributed by atoms with E-state index in [-0.39, 0.29) is 12.6 Å². The summed E-state index contributed by atoms with van der Waals surface area (Å²) in [5.74, 6) is 0.204. The third-order valence-corrected chi connectivity index (χ3v) is 2.31. The largest absolute Gasteiger partial charge is 0.426 e. The molecule has 0 spiro atoms. The standard InChI is InChI=1S/C13H18O3/c1-9-5-6-11(7-10(9)8-14)16-12(15)13(2,3)4/h5-7,14H,8H2,1-4H3. The maximum atomic E-state index is 11.6. The molecule has 0 amide bonds. The Morgan fingerprint density at radius 1 is 1.38 bits per heavy atom. The first-order valence-electron chi connectivity index (χ1n) is 5.27. The van der Waals surface area contributed by atoms with E-state index in [0.717, 1.165) is 11.1 Å². The fourth-order valence-corrected chi connectivity index (χ4v) is 1.14. The zero-order valence-electron chi connectivity index (χ0n) is 10.2. The van der Waals surface area contributed by atoms with E-state index in [2.05, 4.69) is 0 Å². The molecule has 16 heavy (non-hydrogen) atoms. The molecule has 0 atom stereocenters. The fourth-order valence-electron chi connectivity index (χ4n) is 1.14. The van der Waals surface area contributed by atoms with Gasteiger partial charge in [0.15, 0.2) is 0 Å². The van der Waals surface area contributed by atoms with Crippen molar-refractivity contribution in [2.75, 3.05) is 0 Å². The van der Waals surface area contributed by atoms with E-state index >= 15 is 0 Å². The van der Waals surface area contributed by atoms with Gasteiger partial charge in [0.25, 0.3) is 0 Å². The lowest BCUT2D eigenvalue weighted by molar-refractivity contribution is -0.143. The molecule has 1 N–H and O–H groups in total. The zero-order chi connectivity index (χ0) is 12.3. The minimum atomic E-state index is -0.524. The lowest BCUT2D eigenvalue weighted by Crippen LogP contribution is -2.25. The summed E-state index contributed by atoms with van der Waals surface area (Å²) in [5, 5.41) is 9.10. The Kier molecular flexibility index (Phi) is 3.70. The van der Waals surface area contributed by atoms with E-state index in [1.807, 2.05) is 13.0 Å². The van der Waals surface area contributed by atoms with Gasteiger partial charge in [0.05, 0.1) is 12.0 Å². The molecule has 3 nitrogen and oxygen atoms in total. The smallest absolute Gasteiger partial charge is 0.316 e. The summed E-state index contributed by atoms with van der Waals surface area (Å²) in [6, 6.07) is 5.26. The van der Waals surface area contributed by atoms with E-state index in [4.69, 9.17) is 9.84 Å². The summed E-state index contributed by atoms with van der Waals surface area (Å²) >= 11 is 0. The summed E-state index contributed by atoms with van der Waals surface area (Å²) in [6.45, 7) is 7.26. The number of benzene rings is 1. The van der Waals surface area contributed by atoms with Gasteiger partial charge < -0.3 is 9.84 Å². The molecule has 0 aliphatic carbocycles. The van der Waals surface area contributed by atoms with E-state index in [0.29, 0.717) is 5.75 Å². The topological polar surface area (TPSA) is 46.5 Å². The van der Waals surface area contributed by atoms with Crippen LogP contribution in [0.1, 0.15) is 31.9 Å². The second-order valence-electron chi connectivity index (χ2n) is 4.89. The number of aliphatic hydroxyl groups is 1. The first-order valence-corrected chi connectivity index (χ1v) is 5.27. The van der Waals surface area contributed by atoms with Gasteiger partial charge in [0.1, 0.15) is 5.75 Å². The molecule has 1 aromatic rings. The van der Waals surface area contributed by atoms with Crippen molar-refractivity contribution in [2.45, 2.75) is 34.3 Å². The molecule has 0 heterocycles. The second-order valence-corrected chi connectivity index (χ2v) is 4.89. The lowest BCUT2D eigenvalue weighted by atomic mass is 9.97. The number of aryl methyl sites for hydroxylation is 1. The Balaban J connectivity index is 2.87. The lowest BCUT2D eigenvalue weighted by Gasteiger charge is -2.16. The third-order valence-electron chi connectivity index (χ3n) is 2.31. The monoisotopic (exact) mass is 222 g/mol. The number of hydrogen-bond acceptors (Lipinski definition) is 3. The van der Waals surface area contributed by atoms with Crippen LogP contribution < -0.4 is 4.74 Å². The average Bonchev–Trinajstić information content (AvgIpc) is 2.19. The molecule has 0 bridgehead atoms. The number of hydrogen-bond donors (Lipinski definition) is 1. The normalized spacial score (nSPS) is 11.3. The zero-order valence-corrected chi connectivity index (χ0v) is 10.2. The van der Waals surface area contributed by atoms with Crippen LogP contribution in [0.4, 0.5) is 0 Å². The molecular formula is C13H18O3. The van der Waals surface area contributed by atoms with Crippen molar-refractivity contribution in [1.29, 1.82) is 0 Å². The van der Waals surface area contributed by atoms with Crippen LogP contribution in [0.25, 0.3) is 0 Å². The highest BCUT2D eigenvalue weighted by Crippen LogP contribution is 2.21. The second kappa shape index (κ2) is 4.66. The number of carbonyl (C=O) groups is 1. The van der Waals surface area contributed by atoms with Crippen molar-refractivity contribution < 1.29 is 14.6 Å². The predicted molar refractivity (Wildman–Crippen MR) is 62.2 cm³/mol. The maximum Gasteiger partial charge on any atom is 0.316 e. The number of aliphatic hydroxyl groups excluding tert-OH is 1. The molecule has 88 valence electrons. The average molecular weight is 222 g/mol. The number of esters is 1. The summed E-state index contributed by atoms with van der Waals surface area (Å²) in [5.41, 5.74) is 1.24. The van der Waals surface area contributed by atoms with Crippen LogP contribution in [-0.4, -0.2) is 11.1 Å². The fraction of sp³-hybridized carbons (Fsp3) is 0.462. The van der Waals surface area contributed by atoms with Gasteiger partial charge in [-0.25, -0.2) is 0 Å². The molecule has 0 saturated heterocycles. The van der Waals surface area contributed by atoms with Gasteiger partial charge in [-0.05, 0) is 51.0 Å². The van der Waals surface area contributed by atoms with Crippen LogP contribution in [0.3, 0.4) is 0 Å². The predicted octanol–water partition coefficient (Wildman–Crippen LogP) is 2.44. The molecular weight excluding hydrogens is 204 g/mol. The van der Waals surface area contributed by atoms with Crippen molar-refractivity contribution in [3.8, 4) is 5.75 Å². The van der Waals surface area contributed by atoms with Gasteiger partial charge >= 0.3 is 5.97 Å². The molecule has 3 heteroatoms. The Labute approximate surface area is 96.1 Å². The summed E-state index contributed by atoms with van der Waals surface area (Å²) in [4.78, 5) is 11.6. The quantitative estimate of drug-likeness (QED) is 0.617. The Bertz CT molecular complexity index is 389. The molecule has 1 aromatic carbocycles.